The molecule has 0 spiro atoms. The van der Waals surface area contributed by atoms with Crippen LogP contribution in [0.2, 0.25) is 0 Å². The van der Waals surface area contributed by atoms with Gasteiger partial charge in [-0.15, -0.1) is 24.0 Å². The number of halogens is 2. The van der Waals surface area contributed by atoms with Crippen molar-refractivity contribution in [3.8, 4) is 0 Å². The summed E-state index contributed by atoms with van der Waals surface area (Å²) in [7, 11) is 0. The minimum Gasteiger partial charge on any atom is -0.392 e. The van der Waals surface area contributed by atoms with Crippen molar-refractivity contribution >= 4 is 24.0 Å². The molecule has 0 saturated carbocycles. The third-order valence-electron chi connectivity index (χ3n) is 3.73. The second kappa shape index (κ2) is 14.1. The molecular weight excluding hydrogens is 305 g/mol. The molecule has 0 saturated heterocycles. The predicted molar refractivity (Wildman–Crippen MR) is 97.9 cm³/mol. The molecule has 2 N–H and O–H groups in total. The summed E-state index contributed by atoms with van der Waals surface area (Å²) >= 11 is 6.44. The van der Waals surface area contributed by atoms with E-state index < -0.39 is 0 Å². The Morgan fingerprint density at radius 1 is 1.05 bits per heavy atom. The van der Waals surface area contributed by atoms with Crippen molar-refractivity contribution in [1.29, 1.82) is 0 Å². The van der Waals surface area contributed by atoms with Gasteiger partial charge in [0, 0.05) is 17.5 Å². The maximum atomic E-state index is 9.32. The number of aliphatic hydroxyl groups is 1. The number of aliphatic hydroxyl groups excluding tert-OH is 1. The first-order chi connectivity index (χ1) is 9.37. The van der Waals surface area contributed by atoms with Gasteiger partial charge in [0.15, 0.2) is 0 Å². The minimum absolute atomic E-state index is 0. The summed E-state index contributed by atoms with van der Waals surface area (Å²) in [5.41, 5.74) is 0.00450. The van der Waals surface area contributed by atoms with Crippen molar-refractivity contribution in [2.75, 3.05) is 6.54 Å². The van der Waals surface area contributed by atoms with Gasteiger partial charge in [-0.1, -0.05) is 51.9 Å². The Labute approximate surface area is 143 Å². The lowest BCUT2D eigenvalue weighted by molar-refractivity contribution is 0.174. The fourth-order valence-corrected chi connectivity index (χ4v) is 3.01. The van der Waals surface area contributed by atoms with E-state index in [-0.39, 0.29) is 29.4 Å². The van der Waals surface area contributed by atoms with Crippen LogP contribution in [0.15, 0.2) is 0 Å². The summed E-state index contributed by atoms with van der Waals surface area (Å²) < 4.78 is 0. The minimum atomic E-state index is -0.300. The van der Waals surface area contributed by atoms with Gasteiger partial charge in [0.2, 0.25) is 0 Å². The van der Waals surface area contributed by atoms with Gasteiger partial charge >= 0.3 is 0 Å². The molecule has 0 aromatic heterocycles. The molecule has 2 unspecified atom stereocenters. The SMILES string of the molecule is CCCCCCCCCC(Cl)CC(C)(C)NCC(C)O.Cl. The van der Waals surface area contributed by atoms with E-state index in [1.165, 1.54) is 44.9 Å². The van der Waals surface area contributed by atoms with Gasteiger partial charge in [-0.05, 0) is 33.6 Å². The van der Waals surface area contributed by atoms with Crippen LogP contribution in [0.3, 0.4) is 0 Å². The predicted octanol–water partition coefficient (Wildman–Crippen LogP) is 5.30. The van der Waals surface area contributed by atoms with E-state index in [2.05, 4.69) is 26.1 Å². The molecule has 0 aliphatic rings. The first kappa shape index (κ1) is 23.8. The molecule has 4 heteroatoms. The van der Waals surface area contributed by atoms with E-state index in [9.17, 15) is 5.11 Å². The van der Waals surface area contributed by atoms with E-state index >= 15 is 0 Å². The molecule has 0 rings (SSSR count). The van der Waals surface area contributed by atoms with Crippen LogP contribution < -0.4 is 5.32 Å². The van der Waals surface area contributed by atoms with Gasteiger partial charge in [0.1, 0.15) is 0 Å². The molecule has 0 radical (unpaired) electrons. The van der Waals surface area contributed by atoms with Crippen LogP contribution in [-0.2, 0) is 0 Å². The molecule has 21 heavy (non-hydrogen) atoms. The highest BCUT2D eigenvalue weighted by molar-refractivity contribution is 6.20. The number of hydrogen-bond donors (Lipinski definition) is 2. The van der Waals surface area contributed by atoms with Crippen LogP contribution in [-0.4, -0.2) is 28.7 Å². The molecule has 0 aliphatic carbocycles. The van der Waals surface area contributed by atoms with Gasteiger partial charge < -0.3 is 10.4 Å². The zero-order valence-electron chi connectivity index (χ0n) is 14.5. The zero-order chi connectivity index (χ0) is 15.4. The molecule has 0 bridgehead atoms. The van der Waals surface area contributed by atoms with Gasteiger partial charge in [-0.2, -0.15) is 0 Å². The van der Waals surface area contributed by atoms with Crippen molar-refractivity contribution in [2.45, 2.75) is 103 Å². The van der Waals surface area contributed by atoms with Crippen molar-refractivity contribution in [1.82, 2.24) is 5.32 Å². The van der Waals surface area contributed by atoms with Crippen molar-refractivity contribution < 1.29 is 5.11 Å². The lowest BCUT2D eigenvalue weighted by Gasteiger charge is -2.29. The van der Waals surface area contributed by atoms with E-state index in [1.807, 2.05) is 0 Å². The summed E-state index contributed by atoms with van der Waals surface area (Å²) in [5, 5.41) is 12.9. The van der Waals surface area contributed by atoms with E-state index in [0.717, 1.165) is 12.8 Å². The highest BCUT2D eigenvalue weighted by Gasteiger charge is 2.21. The summed E-state index contributed by atoms with van der Waals surface area (Å²) in [6.07, 6.45) is 11.1. The first-order valence-corrected chi connectivity index (χ1v) is 8.88. The zero-order valence-corrected chi connectivity index (χ0v) is 16.0. The normalized spacial score (nSPS) is 14.6. The fraction of sp³-hybridized carbons (Fsp3) is 1.00. The van der Waals surface area contributed by atoms with Crippen LogP contribution in [0.5, 0.6) is 0 Å². The Kier molecular flexibility index (Phi) is 16.0. The van der Waals surface area contributed by atoms with Gasteiger partial charge in [0.05, 0.1) is 6.10 Å². The Balaban J connectivity index is 0. The lowest BCUT2D eigenvalue weighted by atomic mass is 9.95. The van der Waals surface area contributed by atoms with Crippen molar-refractivity contribution in [3.63, 3.8) is 0 Å². The van der Waals surface area contributed by atoms with Gasteiger partial charge in [0.25, 0.3) is 0 Å². The number of nitrogens with one attached hydrogen (secondary N) is 1. The smallest absolute Gasteiger partial charge is 0.0636 e. The molecule has 0 heterocycles. The Morgan fingerprint density at radius 3 is 2.10 bits per heavy atom. The maximum absolute atomic E-state index is 9.32. The average molecular weight is 342 g/mol. The summed E-state index contributed by atoms with van der Waals surface area (Å²) in [4.78, 5) is 0. The van der Waals surface area contributed by atoms with Gasteiger partial charge in [-0.25, -0.2) is 0 Å². The quantitative estimate of drug-likeness (QED) is 0.352. The summed E-state index contributed by atoms with van der Waals surface area (Å²) in [5.74, 6) is 0. The second-order valence-corrected chi connectivity index (χ2v) is 7.44. The topological polar surface area (TPSA) is 32.3 Å². The third kappa shape index (κ3) is 16.7. The highest BCUT2D eigenvalue weighted by Crippen LogP contribution is 2.21. The average Bonchev–Trinajstić information content (AvgIpc) is 2.35. The third-order valence-corrected chi connectivity index (χ3v) is 4.10. The van der Waals surface area contributed by atoms with E-state index in [4.69, 9.17) is 11.6 Å². The van der Waals surface area contributed by atoms with Crippen LogP contribution in [0, 0.1) is 0 Å². The maximum Gasteiger partial charge on any atom is 0.0636 e. The van der Waals surface area contributed by atoms with Crippen molar-refractivity contribution in [2.24, 2.45) is 0 Å². The highest BCUT2D eigenvalue weighted by atomic mass is 35.5. The van der Waals surface area contributed by atoms with Crippen LogP contribution >= 0.6 is 24.0 Å². The van der Waals surface area contributed by atoms with Crippen LogP contribution in [0.25, 0.3) is 0 Å². The molecule has 130 valence electrons. The second-order valence-electron chi connectivity index (χ2n) is 6.83. The lowest BCUT2D eigenvalue weighted by Crippen LogP contribution is -2.44. The largest absolute Gasteiger partial charge is 0.392 e. The van der Waals surface area contributed by atoms with E-state index in [1.54, 1.807) is 6.92 Å². The number of hydrogen-bond acceptors (Lipinski definition) is 2. The standard InChI is InChI=1S/C17H36ClNO.ClH/c1-5-6-7-8-9-10-11-12-16(18)13-17(3,4)19-14-15(2)20;/h15-16,19-20H,5-14H2,1-4H3;1H. The summed E-state index contributed by atoms with van der Waals surface area (Å²) in [6.45, 7) is 9.02. The van der Waals surface area contributed by atoms with Gasteiger partial charge in [-0.3, -0.25) is 0 Å². The number of unbranched alkanes of at least 4 members (excludes halogenated alkanes) is 6. The molecule has 2 atom stereocenters. The number of alkyl halides is 1. The van der Waals surface area contributed by atoms with Crippen LogP contribution in [0.1, 0.15) is 85.5 Å². The number of rotatable bonds is 13. The monoisotopic (exact) mass is 341 g/mol. The fourth-order valence-electron chi connectivity index (χ4n) is 2.47. The molecular formula is C17H37Cl2NO. The molecule has 0 fully saturated rings. The number of β-amino-alcohol motifs (C(OH)–C–C–N with tert-alkyl or cyclic N) is 1. The molecule has 2 nitrogen and oxygen atoms in total. The van der Waals surface area contributed by atoms with Crippen molar-refractivity contribution in [3.05, 3.63) is 0 Å². The van der Waals surface area contributed by atoms with E-state index in [0.29, 0.717) is 6.54 Å². The molecule has 0 amide bonds. The molecule has 0 aromatic carbocycles. The molecule has 0 aromatic rings. The van der Waals surface area contributed by atoms with Crippen LogP contribution in [0.4, 0.5) is 0 Å². The molecule has 0 aliphatic heterocycles. The Bertz CT molecular complexity index is 223. The summed E-state index contributed by atoms with van der Waals surface area (Å²) in [6, 6.07) is 0. The first-order valence-electron chi connectivity index (χ1n) is 8.44. The Morgan fingerprint density at radius 2 is 1.57 bits per heavy atom. The Hall–Kier alpha value is 0.500.